The van der Waals surface area contributed by atoms with E-state index in [0.717, 1.165) is 82.6 Å². The number of alkyl carbamates (subject to hydrolysis) is 1. The number of amides is 5. The van der Waals surface area contributed by atoms with E-state index in [1.165, 1.54) is 20.8 Å². The lowest BCUT2D eigenvalue weighted by Gasteiger charge is -2.43. The van der Waals surface area contributed by atoms with Crippen LogP contribution in [0.15, 0.2) is 30.3 Å². The van der Waals surface area contributed by atoms with Crippen molar-refractivity contribution in [3.63, 3.8) is 0 Å². The zero-order valence-electron chi connectivity index (χ0n) is 80.4. The Balaban J connectivity index is 1.07. The molecule has 1 aromatic carbocycles. The van der Waals surface area contributed by atoms with Crippen molar-refractivity contribution in [3.05, 3.63) is 35.9 Å². The smallest absolute Gasteiger partial charge is 0.407 e. The number of benzene rings is 1. The lowest BCUT2D eigenvalue weighted by atomic mass is 9.79. The van der Waals surface area contributed by atoms with Crippen LogP contribution < -0.4 is 26.6 Å². The van der Waals surface area contributed by atoms with Gasteiger partial charge in [-0.3, -0.25) is 38.4 Å². The van der Waals surface area contributed by atoms with E-state index in [-0.39, 0.29) is 289 Å². The number of ether oxygens (including phenoxy) is 21. The van der Waals surface area contributed by atoms with Crippen LogP contribution in [0.25, 0.3) is 0 Å². The van der Waals surface area contributed by atoms with Crippen molar-refractivity contribution in [1.29, 1.82) is 0 Å². The number of unbranched alkanes of at least 4 members (excludes halogenated alkanes) is 7. The first-order chi connectivity index (χ1) is 62.7. The van der Waals surface area contributed by atoms with Crippen molar-refractivity contribution in [2.45, 2.75) is 255 Å². The predicted molar refractivity (Wildman–Crippen MR) is 480 cm³/mol. The highest BCUT2D eigenvalue weighted by Crippen LogP contribution is 2.39. The molecule has 4 fully saturated rings. The van der Waals surface area contributed by atoms with E-state index in [1.807, 2.05) is 30.3 Å². The van der Waals surface area contributed by atoms with E-state index in [0.29, 0.717) is 85.5 Å². The summed E-state index contributed by atoms with van der Waals surface area (Å²) in [7, 11) is 0. The summed E-state index contributed by atoms with van der Waals surface area (Å²) in [6, 6.07) is 9.47. The summed E-state index contributed by atoms with van der Waals surface area (Å²) < 4.78 is 123. The molecule has 3 aliphatic heterocycles. The maximum absolute atomic E-state index is 14.3. The lowest BCUT2D eigenvalue weighted by Crippen LogP contribution is -2.48. The van der Waals surface area contributed by atoms with Crippen LogP contribution in [0.2, 0.25) is 0 Å². The van der Waals surface area contributed by atoms with Gasteiger partial charge in [0.25, 0.3) is 0 Å². The Morgan fingerprint density at radius 2 is 0.662 bits per heavy atom. The minimum Gasteiger partial charge on any atom is -0.463 e. The van der Waals surface area contributed by atoms with E-state index in [2.05, 4.69) is 88.9 Å². The first kappa shape index (κ1) is 114. The molecule has 0 radical (unpaired) electrons. The summed E-state index contributed by atoms with van der Waals surface area (Å²) in [6.07, 6.45) is 9.43. The van der Waals surface area contributed by atoms with Gasteiger partial charge in [0.1, 0.15) is 32.2 Å². The minimum absolute atomic E-state index is 0.00465. The molecule has 4 aliphatic rings. The lowest BCUT2D eigenvalue weighted by molar-refractivity contribution is -0.258. The largest absolute Gasteiger partial charge is 0.463 e. The number of hydrogen-bond acceptors (Lipinski definition) is 30. The van der Waals surface area contributed by atoms with Crippen LogP contribution in [-0.2, 0) is 144 Å². The summed E-state index contributed by atoms with van der Waals surface area (Å²) in [5, 5.41) is 14.3. The highest BCUT2D eigenvalue weighted by Gasteiger charge is 2.44. The molecule has 0 bridgehead atoms. The van der Waals surface area contributed by atoms with Crippen LogP contribution >= 0.6 is 0 Å². The SMILES string of the molecule is CC(=O)OCC1OC(OCCOCCOCCNC(=O)CCOCC(COCCC(=O)NCCOCCOCCOC2OC(COC(C)=O)C(C)C(C)C2C)(COCCC(=O)NCCOCCOCCOC2OC(COC(C)=O)C(C)C(C)C2C)CC(=O)CCCCCCCCCCC(=O)NCCOC2(OCCNC(=O)OCc3ccccc3)CCCCC2)C(C)C(C)C1C. The van der Waals surface area contributed by atoms with Gasteiger partial charge in [-0.05, 0) is 66.8 Å². The predicted octanol–water partition coefficient (Wildman–Crippen LogP) is 9.88. The molecule has 5 amide bonds. The summed E-state index contributed by atoms with van der Waals surface area (Å²) in [5.74, 6) is -0.970. The van der Waals surface area contributed by atoms with Crippen molar-refractivity contribution in [3.8, 4) is 0 Å². The Kier molecular flexibility index (Phi) is 60.4. The third kappa shape index (κ3) is 49.8. The topological polar surface area (TPSA) is 408 Å². The average Bonchev–Trinajstić information content (AvgIpc) is 0.823. The first-order valence-corrected chi connectivity index (χ1v) is 47.9. The fourth-order valence-corrected chi connectivity index (χ4v) is 15.8. The Bertz CT molecular complexity index is 3020. The van der Waals surface area contributed by atoms with Crippen LogP contribution in [0.3, 0.4) is 0 Å². The molecule has 5 N–H and O–H groups in total. The summed E-state index contributed by atoms with van der Waals surface area (Å²) >= 11 is 0. The third-order valence-electron chi connectivity index (χ3n) is 24.8. The van der Waals surface area contributed by atoms with Gasteiger partial charge in [-0.15, -0.1) is 0 Å². The molecule has 35 nitrogen and oxygen atoms in total. The number of esters is 3. The number of nitrogens with one attached hydrogen (secondary N) is 5. The van der Waals surface area contributed by atoms with Gasteiger partial charge >= 0.3 is 24.0 Å². The van der Waals surface area contributed by atoms with Crippen molar-refractivity contribution < 1.29 is 143 Å². The van der Waals surface area contributed by atoms with E-state index in [4.69, 9.17) is 99.5 Å². The first-order valence-electron chi connectivity index (χ1n) is 47.9. The molecule has 130 heavy (non-hydrogen) atoms. The van der Waals surface area contributed by atoms with Gasteiger partial charge in [-0.2, -0.15) is 0 Å². The van der Waals surface area contributed by atoms with E-state index in [1.54, 1.807) is 0 Å². The fraction of sp³-hybridized carbons (Fsp3) is 0.842. The molecule has 3 heterocycles. The number of Topliss-reactive ketones (excluding diaryl/α,β-unsaturated/α-hetero) is 1. The molecule has 3 saturated heterocycles. The highest BCUT2D eigenvalue weighted by atomic mass is 16.7. The second kappa shape index (κ2) is 68.7. The Morgan fingerprint density at radius 3 is 1.03 bits per heavy atom. The monoisotopic (exact) mass is 1850 g/mol. The molecule has 0 aromatic heterocycles. The number of ketones is 1. The normalized spacial score (nSPS) is 23.6. The van der Waals surface area contributed by atoms with Gasteiger partial charge in [-0.25, -0.2) is 4.79 Å². The molecule has 1 aromatic rings. The minimum atomic E-state index is -1.09. The van der Waals surface area contributed by atoms with Gasteiger partial charge in [-0.1, -0.05) is 138 Å². The maximum Gasteiger partial charge on any atom is 0.407 e. The van der Waals surface area contributed by atoms with E-state index in [9.17, 15) is 43.2 Å². The number of carbonyl (C=O) groups excluding carboxylic acids is 9. The highest BCUT2D eigenvalue weighted by molar-refractivity contribution is 5.79. The molecule has 15 atom stereocenters. The van der Waals surface area contributed by atoms with Crippen molar-refractivity contribution in [1.82, 2.24) is 26.6 Å². The molecular formula is C95H163N5O30. The van der Waals surface area contributed by atoms with Gasteiger partial charge in [0, 0.05) is 128 Å². The van der Waals surface area contributed by atoms with Gasteiger partial charge in [0.15, 0.2) is 24.7 Å². The number of rotatable bonds is 74. The quantitative estimate of drug-likeness (QED) is 0.0175. The third-order valence-corrected chi connectivity index (χ3v) is 24.8. The zero-order valence-corrected chi connectivity index (χ0v) is 80.4. The number of hydrogen-bond donors (Lipinski definition) is 5. The van der Waals surface area contributed by atoms with Crippen LogP contribution in [0.4, 0.5) is 4.79 Å². The summed E-state index contributed by atoms with van der Waals surface area (Å²) in [5.41, 5.74) is -0.193. The second-order valence-electron chi connectivity index (χ2n) is 35.1. The van der Waals surface area contributed by atoms with Crippen LogP contribution in [0.1, 0.15) is 211 Å². The van der Waals surface area contributed by atoms with Gasteiger partial charge in [0.05, 0.1) is 170 Å². The van der Waals surface area contributed by atoms with Crippen LogP contribution in [0, 0.1) is 58.7 Å². The summed E-state index contributed by atoms with van der Waals surface area (Å²) in [6.45, 7) is 29.8. The van der Waals surface area contributed by atoms with Crippen LogP contribution in [-0.4, -0.2) is 301 Å². The Labute approximate surface area is 772 Å². The van der Waals surface area contributed by atoms with Gasteiger partial charge < -0.3 is 126 Å². The Hall–Kier alpha value is -6.23. The molecule has 15 unspecified atom stereocenters. The van der Waals surface area contributed by atoms with Crippen molar-refractivity contribution in [2.24, 2.45) is 58.7 Å². The van der Waals surface area contributed by atoms with Crippen LogP contribution in [0.5, 0.6) is 0 Å². The molecule has 748 valence electrons. The molecule has 1 saturated carbocycles. The standard InChI is InChI=1S/C95H163N5O30/c1-69-72(4)83(63-122-78(10)101)128-90(75(69)7)119-58-55-113-52-49-110-44-36-96-87(106)31-41-116-66-94(67-117-42-32-88(107)97-37-45-111-50-53-114-56-59-120-91-76(8)70(2)73(5)84(129-91)64-123-79(11)102,68-118-43-33-89(108)98-38-46-112-51-54-115-57-60-121-92-77(9)71(3)74(6)85(130-92)65-124-80(12)103)61-82(104)29-23-17-15-13-14-16-18-24-30-86(105)99-39-47-126-95(34-25-20-26-35-95)127-48-40-100-93(109)125-62-81-27-21-19-22-28-81/h19,21-22,27-28,69-77,83-85,90-92H,13-18,20,23-26,29-68H2,1-12H3,(H,96,106)(H,97,107)(H,98,108)(H,99,105)(H,100,109). The molecule has 5 rings (SSSR count). The van der Waals surface area contributed by atoms with Gasteiger partial charge in [0.2, 0.25) is 23.6 Å². The van der Waals surface area contributed by atoms with Crippen molar-refractivity contribution in [2.75, 3.05) is 205 Å². The fourth-order valence-electron chi connectivity index (χ4n) is 15.8. The molecule has 35 heteroatoms. The van der Waals surface area contributed by atoms with E-state index < -0.39 is 36.2 Å². The zero-order chi connectivity index (χ0) is 94.4. The molecule has 0 spiro atoms. The van der Waals surface area contributed by atoms with Crippen molar-refractivity contribution >= 4 is 53.4 Å². The Morgan fingerprint density at radius 1 is 0.338 bits per heavy atom. The second-order valence-corrected chi connectivity index (χ2v) is 35.1. The molecule has 1 aliphatic carbocycles. The van der Waals surface area contributed by atoms with E-state index >= 15 is 0 Å². The maximum atomic E-state index is 14.3. The molecular weight excluding hydrogens is 1690 g/mol. The number of carbonyl (C=O) groups is 9. The summed E-state index contributed by atoms with van der Waals surface area (Å²) in [4.78, 5) is 113. The average molecular weight is 1860 g/mol.